The molecule has 0 aromatic carbocycles. The highest BCUT2D eigenvalue weighted by atomic mass is 79.9. The molecular formula is C8H14Br3Cl5F2. The predicted octanol–water partition coefficient (Wildman–Crippen LogP) is 8.33. The van der Waals surface area contributed by atoms with E-state index < -0.39 is 3.74 Å². The first-order valence-corrected chi connectivity index (χ1v) is 9.21. The third-order valence-electron chi connectivity index (χ3n) is 0. The Balaban J connectivity index is -0.0000000404. The van der Waals surface area contributed by atoms with Gasteiger partial charge in [0, 0.05) is 37.2 Å². The fraction of sp³-hybridized carbons (Fsp3) is 0.750. The molecule has 0 rings (SSSR count). The standard InChI is InChI=1S/C3H7Cl.C2H2Cl2.CBr2F2.CH3Br.CH2Cl2/c1-3(2)4;1-2(3)4;2-1(3,4)5;1-2;2-1-3/h3H,1-2H3;1H2;;1H3;1H2. The Hall–Kier alpha value is 2.49. The summed E-state index contributed by atoms with van der Waals surface area (Å²) in [6, 6.07) is 0. The SMILES string of the molecule is C=C(Cl)Cl.CBr.CC(C)Cl.ClCCl.FC(F)(Br)Br. The molecule has 0 fully saturated rings. The van der Waals surface area contributed by atoms with Crippen LogP contribution in [-0.4, -0.2) is 20.3 Å². The predicted molar refractivity (Wildman–Crippen MR) is 96.1 cm³/mol. The summed E-state index contributed by atoms with van der Waals surface area (Å²) in [7, 11) is 0. The molecule has 0 unspecified atom stereocenters. The number of hydrogen-bond donors (Lipinski definition) is 0. The highest BCUT2D eigenvalue weighted by Crippen LogP contribution is 2.28. The van der Waals surface area contributed by atoms with E-state index in [1.165, 1.54) is 0 Å². The van der Waals surface area contributed by atoms with Gasteiger partial charge in [-0.25, -0.2) is 0 Å². The van der Waals surface area contributed by atoms with E-state index in [4.69, 9.17) is 58.0 Å². The molecule has 0 aromatic rings. The number of halogens is 10. The normalized spacial score (nSPS) is 8.11. The molecular weight excluding hydrogens is 551 g/mol. The van der Waals surface area contributed by atoms with Crippen molar-refractivity contribution in [1.29, 1.82) is 0 Å². The molecule has 0 spiro atoms. The maximum atomic E-state index is 10.9. The summed E-state index contributed by atoms with van der Waals surface area (Å²) < 4.78 is 18.9. The molecule has 0 amide bonds. The number of alkyl halides is 8. The van der Waals surface area contributed by atoms with Crippen molar-refractivity contribution < 1.29 is 8.78 Å². The van der Waals surface area contributed by atoms with Gasteiger partial charge in [0.25, 0.3) is 0 Å². The van der Waals surface area contributed by atoms with E-state index >= 15 is 0 Å². The maximum absolute atomic E-state index is 10.9. The van der Waals surface area contributed by atoms with E-state index in [0.29, 0.717) is 5.38 Å². The lowest BCUT2D eigenvalue weighted by Crippen LogP contribution is -1.84. The van der Waals surface area contributed by atoms with Gasteiger partial charge in [0.2, 0.25) is 0 Å². The minimum atomic E-state index is -2.88. The fourth-order valence-electron chi connectivity index (χ4n) is 0. The van der Waals surface area contributed by atoms with E-state index in [-0.39, 0.29) is 9.83 Å². The third-order valence-corrected chi connectivity index (χ3v) is 0. The summed E-state index contributed by atoms with van der Waals surface area (Å²) >= 11 is 31.3. The number of rotatable bonds is 0. The van der Waals surface area contributed by atoms with Crippen LogP contribution in [0.1, 0.15) is 13.8 Å². The minimum Gasteiger partial charge on any atom is -0.181 e. The molecule has 0 bridgehead atoms. The summed E-state index contributed by atoms with van der Waals surface area (Å²) in [5, 5.41) is 0.500. The van der Waals surface area contributed by atoms with Crippen LogP contribution in [0.4, 0.5) is 8.78 Å². The van der Waals surface area contributed by atoms with Gasteiger partial charge in [0.1, 0.15) is 0 Å². The van der Waals surface area contributed by atoms with Crippen LogP contribution in [0.2, 0.25) is 0 Å². The molecule has 116 valence electrons. The van der Waals surface area contributed by atoms with E-state index in [1.807, 2.05) is 51.5 Å². The van der Waals surface area contributed by atoms with Crippen molar-refractivity contribution in [3.63, 3.8) is 0 Å². The third kappa shape index (κ3) is 912. The molecule has 18 heavy (non-hydrogen) atoms. The lowest BCUT2D eigenvalue weighted by Gasteiger charge is -1.88. The van der Waals surface area contributed by atoms with Crippen LogP contribution in [-0.2, 0) is 0 Å². The molecule has 0 nitrogen and oxygen atoms in total. The average Bonchev–Trinajstić information content (AvgIpc) is 2.02. The quantitative estimate of drug-likeness (QED) is 0.259. The molecule has 0 aliphatic heterocycles. The Labute approximate surface area is 158 Å². The number of hydrogen-bond acceptors (Lipinski definition) is 0. The summed E-state index contributed by atoms with van der Waals surface area (Å²) in [6.07, 6.45) is 0. The van der Waals surface area contributed by atoms with Gasteiger partial charge < -0.3 is 0 Å². The molecule has 0 radical (unpaired) electrons. The Morgan fingerprint density at radius 1 is 1.17 bits per heavy atom. The Morgan fingerprint density at radius 2 is 1.17 bits per heavy atom. The van der Waals surface area contributed by atoms with Crippen molar-refractivity contribution in [2.75, 3.05) is 11.2 Å². The van der Waals surface area contributed by atoms with Crippen molar-refractivity contribution in [2.45, 2.75) is 23.0 Å². The van der Waals surface area contributed by atoms with Gasteiger partial charge in [0.15, 0.2) is 0 Å². The van der Waals surface area contributed by atoms with Gasteiger partial charge in [-0.2, -0.15) is 8.78 Å². The van der Waals surface area contributed by atoms with Crippen molar-refractivity contribution in [2.24, 2.45) is 0 Å². The van der Waals surface area contributed by atoms with E-state index in [9.17, 15) is 8.78 Å². The van der Waals surface area contributed by atoms with Crippen molar-refractivity contribution >= 4 is 106 Å². The van der Waals surface area contributed by atoms with Crippen LogP contribution < -0.4 is 0 Å². The largest absolute Gasteiger partial charge is 0.356 e. The first kappa shape index (κ1) is 32.4. The van der Waals surface area contributed by atoms with Gasteiger partial charge in [-0.05, 0) is 19.7 Å². The van der Waals surface area contributed by atoms with Crippen LogP contribution in [0, 0.1) is 0 Å². The van der Waals surface area contributed by atoms with Crippen LogP contribution in [0.5, 0.6) is 0 Å². The zero-order valence-electron chi connectivity index (χ0n) is 9.77. The summed E-state index contributed by atoms with van der Waals surface area (Å²) in [6.45, 7) is 6.95. The first-order valence-electron chi connectivity index (χ1n) is 3.77. The van der Waals surface area contributed by atoms with E-state index in [2.05, 4.69) is 22.5 Å². The van der Waals surface area contributed by atoms with Crippen LogP contribution in [0.3, 0.4) is 0 Å². The van der Waals surface area contributed by atoms with E-state index in [1.54, 1.807) is 0 Å². The topological polar surface area (TPSA) is 0 Å². The fourth-order valence-corrected chi connectivity index (χ4v) is 0. The monoisotopic (exact) mass is 560 g/mol. The van der Waals surface area contributed by atoms with Crippen LogP contribution in [0.15, 0.2) is 11.1 Å². The van der Waals surface area contributed by atoms with Gasteiger partial charge in [-0.15, -0.1) is 34.8 Å². The van der Waals surface area contributed by atoms with Crippen LogP contribution in [0.25, 0.3) is 0 Å². The summed E-state index contributed by atoms with van der Waals surface area (Å²) in [5.41, 5.74) is 0. The molecule has 0 saturated carbocycles. The van der Waals surface area contributed by atoms with E-state index in [0.717, 1.165) is 0 Å². The summed E-state index contributed by atoms with van der Waals surface area (Å²) in [4.78, 5) is 0. The van der Waals surface area contributed by atoms with Crippen molar-refractivity contribution in [1.82, 2.24) is 0 Å². The molecule has 0 saturated heterocycles. The van der Waals surface area contributed by atoms with Gasteiger partial charge in [0.05, 0.1) is 9.83 Å². The molecule has 0 aromatic heterocycles. The molecule has 10 heteroatoms. The van der Waals surface area contributed by atoms with Crippen molar-refractivity contribution in [3.05, 3.63) is 11.1 Å². The Morgan fingerprint density at radius 3 is 1.17 bits per heavy atom. The highest BCUT2D eigenvalue weighted by Gasteiger charge is 2.15. The molecule has 0 atom stereocenters. The molecule has 0 aliphatic rings. The van der Waals surface area contributed by atoms with Gasteiger partial charge in [-0.1, -0.05) is 45.7 Å². The lowest BCUT2D eigenvalue weighted by molar-refractivity contribution is 0.229. The maximum Gasteiger partial charge on any atom is 0.356 e. The highest BCUT2D eigenvalue weighted by molar-refractivity contribution is 9.25. The summed E-state index contributed by atoms with van der Waals surface area (Å²) in [5.74, 6) is 1.81. The van der Waals surface area contributed by atoms with Gasteiger partial charge >= 0.3 is 3.74 Å². The zero-order valence-corrected chi connectivity index (χ0v) is 18.3. The smallest absolute Gasteiger partial charge is 0.181 e. The minimum absolute atomic E-state index is 0.111. The second kappa shape index (κ2) is 27.8. The first-order chi connectivity index (χ1) is 7.88. The van der Waals surface area contributed by atoms with Crippen molar-refractivity contribution in [3.8, 4) is 0 Å². The van der Waals surface area contributed by atoms with Gasteiger partial charge in [-0.3, -0.25) is 0 Å². The lowest BCUT2D eigenvalue weighted by atomic mass is 10.6. The second-order valence-corrected chi connectivity index (χ2v) is 7.73. The Kier molecular flexibility index (Phi) is 50.0. The van der Waals surface area contributed by atoms with Crippen LogP contribution >= 0.6 is 106 Å². The molecule has 0 heterocycles. The zero-order chi connectivity index (χ0) is 16.4. The average molecular weight is 565 g/mol. The second-order valence-electron chi connectivity index (χ2n) is 1.88. The molecule has 0 aliphatic carbocycles. The Bertz CT molecular complexity index is 132. The molecule has 0 N–H and O–H groups in total.